The van der Waals surface area contributed by atoms with Crippen LogP contribution in [0.15, 0.2) is 92.2 Å². The van der Waals surface area contributed by atoms with Crippen molar-refractivity contribution in [3.63, 3.8) is 0 Å². The molecule has 0 saturated heterocycles. The Kier molecular flexibility index (Phi) is 14.6. The topological polar surface area (TPSA) is 164 Å². The predicted molar refractivity (Wildman–Crippen MR) is 193 cm³/mol. The molecule has 0 spiro atoms. The molecule has 0 aliphatic carbocycles. The van der Waals surface area contributed by atoms with Crippen LogP contribution in [0, 0.1) is 17.5 Å². The average Bonchev–Trinajstić information content (AvgIpc) is 3.86. The maximum Gasteiger partial charge on any atom is 0.161 e. The van der Waals surface area contributed by atoms with Crippen LogP contribution in [0.2, 0.25) is 0 Å². The van der Waals surface area contributed by atoms with Crippen LogP contribution >= 0.6 is 12.4 Å². The number of aromatic nitrogens is 9. The summed E-state index contributed by atoms with van der Waals surface area (Å²) in [6, 6.07) is 10.3. The molecule has 0 bridgehead atoms. The second-order valence-corrected chi connectivity index (χ2v) is 14.2. The number of nitrogens with one attached hydrogen (secondary N) is 1. The summed E-state index contributed by atoms with van der Waals surface area (Å²) in [6.45, 7) is 11.0. The Morgan fingerprint density at radius 3 is 1.40 bits per heavy atom. The fourth-order valence-electron chi connectivity index (χ4n) is 4.01. The summed E-state index contributed by atoms with van der Waals surface area (Å²) in [5.41, 5.74) is 8.05. The van der Waals surface area contributed by atoms with Crippen molar-refractivity contribution in [1.29, 1.82) is 0 Å². The van der Waals surface area contributed by atoms with Gasteiger partial charge in [0.25, 0.3) is 0 Å². The molecule has 52 heavy (non-hydrogen) atoms. The maximum absolute atomic E-state index is 12.9. The van der Waals surface area contributed by atoms with Gasteiger partial charge in [-0.1, -0.05) is 12.1 Å². The van der Waals surface area contributed by atoms with Gasteiger partial charge in [0, 0.05) is 36.2 Å². The zero-order valence-corrected chi connectivity index (χ0v) is 30.8. The standard InChI is InChI=1S/C14H19FN4OS.C10H11FN4.C10H8FN3O.ClH/c1-10(18-21(20)14(2,3)4)11-5-6-13(16-7-11)19-9-12(15)8-17-19;1-7(12)8-2-3-10(13-4-8)15-6-9(11)5-14-15;1-7(15)8-2-3-10(12-4-8)14-6-9(11)5-13-14;/h5-10,18H,1-4H3;2-7H,12H2,1H3;2-6H,1H3;1H/t10-,21+;7-;;/m11../s1. The molecule has 0 radical (unpaired) electrons. The number of rotatable bonds is 8. The van der Waals surface area contributed by atoms with Gasteiger partial charge in [-0.15, -0.1) is 12.4 Å². The second-order valence-electron chi connectivity index (χ2n) is 12.2. The molecule has 0 fully saturated rings. The normalized spacial score (nSPS) is 12.7. The van der Waals surface area contributed by atoms with Gasteiger partial charge in [0.2, 0.25) is 0 Å². The van der Waals surface area contributed by atoms with Gasteiger partial charge in [0.1, 0.15) is 0 Å². The summed E-state index contributed by atoms with van der Waals surface area (Å²) >= 11 is 0. The molecular weight excluding hydrogens is 719 g/mol. The lowest BCUT2D eigenvalue weighted by atomic mass is 10.1. The molecule has 0 aromatic carbocycles. The summed E-state index contributed by atoms with van der Waals surface area (Å²) in [7, 11) is -1.15. The number of halogens is 4. The predicted octanol–water partition coefficient (Wildman–Crippen LogP) is 5.98. The molecule has 0 unspecified atom stereocenters. The van der Waals surface area contributed by atoms with E-state index in [1.165, 1.54) is 45.8 Å². The van der Waals surface area contributed by atoms with E-state index in [1.807, 2.05) is 46.8 Å². The summed E-state index contributed by atoms with van der Waals surface area (Å²) in [5.74, 6) is 0.316. The van der Waals surface area contributed by atoms with Crippen LogP contribution in [-0.4, -0.2) is 59.0 Å². The van der Waals surface area contributed by atoms with Gasteiger partial charge >= 0.3 is 0 Å². The molecule has 3 N–H and O–H groups in total. The Bertz CT molecular complexity index is 2040. The molecule has 0 aliphatic heterocycles. The van der Waals surface area contributed by atoms with E-state index >= 15 is 0 Å². The summed E-state index contributed by atoms with van der Waals surface area (Å²) in [6.07, 6.45) is 11.9. The molecular formula is C34H39ClF3N11O2S. The van der Waals surface area contributed by atoms with Crippen molar-refractivity contribution in [3.8, 4) is 17.5 Å². The summed E-state index contributed by atoms with van der Waals surface area (Å²) in [4.78, 5) is 23.4. The third-order valence-corrected chi connectivity index (χ3v) is 8.60. The van der Waals surface area contributed by atoms with Gasteiger partial charge in [0.15, 0.2) is 40.7 Å². The van der Waals surface area contributed by atoms with E-state index in [0.717, 1.165) is 29.7 Å². The molecule has 6 aromatic rings. The van der Waals surface area contributed by atoms with Crippen molar-refractivity contribution in [3.05, 3.63) is 126 Å². The number of nitrogens with zero attached hydrogens (tertiary/aromatic N) is 9. The van der Waals surface area contributed by atoms with Crippen LogP contribution in [0.5, 0.6) is 0 Å². The van der Waals surface area contributed by atoms with E-state index in [4.69, 9.17) is 5.73 Å². The molecule has 276 valence electrons. The molecule has 6 rings (SSSR count). The minimum absolute atomic E-state index is 0. The molecule has 0 saturated carbocycles. The number of carbonyl (C=O) groups excluding carboxylic acids is 1. The molecule has 0 aliphatic rings. The summed E-state index contributed by atoms with van der Waals surface area (Å²) < 4.78 is 57.1. The lowest BCUT2D eigenvalue weighted by Gasteiger charge is -2.22. The highest BCUT2D eigenvalue weighted by Gasteiger charge is 2.22. The fraction of sp³-hybridized carbons (Fsp3) is 0.265. The first-order chi connectivity index (χ1) is 24.1. The molecule has 18 heteroatoms. The van der Waals surface area contributed by atoms with Crippen molar-refractivity contribution in [2.75, 3.05) is 0 Å². The lowest BCUT2D eigenvalue weighted by molar-refractivity contribution is 0.101. The maximum atomic E-state index is 12.9. The van der Waals surface area contributed by atoms with Crippen LogP contribution in [0.4, 0.5) is 13.2 Å². The Morgan fingerprint density at radius 1 is 0.712 bits per heavy atom. The first-order valence-electron chi connectivity index (χ1n) is 15.5. The molecule has 0 amide bonds. The van der Waals surface area contributed by atoms with E-state index in [2.05, 4.69) is 35.0 Å². The lowest BCUT2D eigenvalue weighted by Crippen LogP contribution is -2.34. The number of ketones is 1. The Morgan fingerprint density at radius 2 is 1.12 bits per heavy atom. The van der Waals surface area contributed by atoms with Crippen molar-refractivity contribution < 1.29 is 22.2 Å². The van der Waals surface area contributed by atoms with Crippen molar-refractivity contribution >= 4 is 29.2 Å². The third kappa shape index (κ3) is 11.7. The first-order valence-corrected chi connectivity index (χ1v) is 16.7. The van der Waals surface area contributed by atoms with Gasteiger partial charge in [0.05, 0.1) is 52.9 Å². The van der Waals surface area contributed by atoms with Crippen LogP contribution in [-0.2, 0) is 11.0 Å². The molecule has 6 heterocycles. The highest BCUT2D eigenvalue weighted by atomic mass is 35.5. The van der Waals surface area contributed by atoms with E-state index in [0.29, 0.717) is 23.0 Å². The van der Waals surface area contributed by atoms with Gasteiger partial charge < -0.3 is 5.73 Å². The van der Waals surface area contributed by atoms with Crippen molar-refractivity contribution in [1.82, 2.24) is 49.0 Å². The largest absolute Gasteiger partial charge is 0.324 e. The van der Waals surface area contributed by atoms with E-state index < -0.39 is 22.6 Å². The quantitative estimate of drug-likeness (QED) is 0.178. The molecule has 13 nitrogen and oxygen atoms in total. The van der Waals surface area contributed by atoms with E-state index in [-0.39, 0.29) is 40.8 Å². The second kappa shape index (κ2) is 18.4. The zero-order valence-electron chi connectivity index (χ0n) is 29.2. The van der Waals surface area contributed by atoms with Crippen LogP contribution in [0.25, 0.3) is 17.5 Å². The van der Waals surface area contributed by atoms with E-state index in [1.54, 1.807) is 36.7 Å². The minimum atomic E-state index is -1.15. The van der Waals surface area contributed by atoms with Gasteiger partial charge in [-0.2, -0.15) is 15.3 Å². The van der Waals surface area contributed by atoms with Gasteiger partial charge in [-0.05, 0) is 76.9 Å². The smallest absolute Gasteiger partial charge is 0.161 e. The number of carbonyl (C=O) groups is 1. The fourth-order valence-corrected chi connectivity index (χ4v) is 4.82. The molecule has 6 aromatic heterocycles. The van der Waals surface area contributed by atoms with E-state index in [9.17, 15) is 22.2 Å². The Labute approximate surface area is 307 Å². The van der Waals surface area contributed by atoms with Gasteiger partial charge in [-0.25, -0.2) is 51.1 Å². The van der Waals surface area contributed by atoms with Crippen molar-refractivity contribution in [2.24, 2.45) is 5.73 Å². The van der Waals surface area contributed by atoms with Crippen molar-refractivity contribution in [2.45, 2.75) is 58.4 Å². The minimum Gasteiger partial charge on any atom is -0.324 e. The van der Waals surface area contributed by atoms with Gasteiger partial charge in [-0.3, -0.25) is 4.79 Å². The number of hydrogen-bond acceptors (Lipinski definition) is 9. The number of hydrogen-bond donors (Lipinski definition) is 2. The average molecular weight is 758 g/mol. The number of nitrogens with two attached hydrogens (primary N) is 1. The summed E-state index contributed by atoms with van der Waals surface area (Å²) in [5, 5.41) is 11.4. The highest BCUT2D eigenvalue weighted by Crippen LogP contribution is 2.17. The Balaban J connectivity index is 0.000000213. The number of pyridine rings is 3. The Hall–Kier alpha value is -5.10. The van der Waals surface area contributed by atoms with Crippen LogP contribution in [0.3, 0.4) is 0 Å². The number of Topliss-reactive ketones (excluding diaryl/α,β-unsaturated/α-hetero) is 1. The van der Waals surface area contributed by atoms with Crippen LogP contribution < -0.4 is 10.5 Å². The third-order valence-electron chi connectivity index (χ3n) is 6.92. The highest BCUT2D eigenvalue weighted by molar-refractivity contribution is 7.84. The molecule has 3 atom stereocenters. The zero-order chi connectivity index (χ0) is 37.3. The monoisotopic (exact) mass is 757 g/mol. The SMILES string of the molecule is CC(=O)c1ccc(-n2cc(F)cn2)nc1.C[C@@H](N)c1ccc(-n2cc(F)cn2)nc1.C[C@@H](N[S@@](=O)C(C)(C)C)c1ccc(-n2cc(F)cn2)nc1.Cl. The first kappa shape index (κ1) is 41.3. The van der Waals surface area contributed by atoms with Crippen LogP contribution in [0.1, 0.15) is 75.1 Å².